The zero-order valence-corrected chi connectivity index (χ0v) is 10.0. The first-order chi connectivity index (χ1) is 7.61. The van der Waals surface area contributed by atoms with E-state index < -0.39 is 0 Å². The number of hydrogen-bond donors (Lipinski definition) is 2. The van der Waals surface area contributed by atoms with Crippen LogP contribution in [-0.4, -0.2) is 49.7 Å². The van der Waals surface area contributed by atoms with Crippen molar-refractivity contribution in [3.63, 3.8) is 0 Å². The minimum Gasteiger partial charge on any atom is -0.352 e. The van der Waals surface area contributed by atoms with Crippen molar-refractivity contribution < 1.29 is 18.6 Å². The van der Waals surface area contributed by atoms with Gasteiger partial charge in [-0.2, -0.15) is 0 Å². The van der Waals surface area contributed by atoms with Crippen molar-refractivity contribution in [2.45, 2.75) is 12.8 Å². The van der Waals surface area contributed by atoms with Crippen LogP contribution in [0.25, 0.3) is 0 Å². The van der Waals surface area contributed by atoms with E-state index in [4.69, 9.17) is 0 Å². The number of rotatable bonds is 8. The number of nitrogens with zero attached hydrogens (tertiary/aromatic N) is 1. The van der Waals surface area contributed by atoms with E-state index in [0.29, 0.717) is 19.4 Å². The molecule has 0 aromatic rings. The SMILES string of the molecule is CN(CCNC(=O)COS)C(=O)CCC=O. The molecule has 0 aliphatic carbocycles. The molecule has 0 saturated carbocycles. The van der Waals surface area contributed by atoms with E-state index in [0.717, 1.165) is 0 Å². The highest BCUT2D eigenvalue weighted by molar-refractivity contribution is 7.75. The summed E-state index contributed by atoms with van der Waals surface area (Å²) in [5.74, 6) is -0.407. The van der Waals surface area contributed by atoms with Crippen molar-refractivity contribution >= 4 is 31.0 Å². The monoisotopic (exact) mass is 248 g/mol. The number of carbonyl (C=O) groups excluding carboxylic acids is 3. The van der Waals surface area contributed by atoms with Gasteiger partial charge in [0.2, 0.25) is 11.8 Å². The molecule has 0 fully saturated rings. The largest absolute Gasteiger partial charge is 0.352 e. The van der Waals surface area contributed by atoms with Gasteiger partial charge in [-0.15, -0.1) is 0 Å². The quantitative estimate of drug-likeness (QED) is 0.342. The van der Waals surface area contributed by atoms with Gasteiger partial charge in [0, 0.05) is 33.0 Å². The molecule has 2 amide bonds. The predicted molar refractivity (Wildman–Crippen MR) is 60.9 cm³/mol. The highest BCUT2D eigenvalue weighted by atomic mass is 32.1. The van der Waals surface area contributed by atoms with Crippen LogP contribution in [0.15, 0.2) is 0 Å². The zero-order chi connectivity index (χ0) is 12.4. The molecular weight excluding hydrogens is 232 g/mol. The third-order valence-corrected chi connectivity index (χ3v) is 2.00. The lowest BCUT2D eigenvalue weighted by Crippen LogP contribution is -2.37. The summed E-state index contributed by atoms with van der Waals surface area (Å²) in [6, 6.07) is 0. The fourth-order valence-electron chi connectivity index (χ4n) is 0.971. The number of carbonyl (C=O) groups is 3. The molecule has 92 valence electrons. The summed E-state index contributed by atoms with van der Waals surface area (Å²) < 4.78 is 4.32. The number of amides is 2. The van der Waals surface area contributed by atoms with Crippen LogP contribution in [0.3, 0.4) is 0 Å². The van der Waals surface area contributed by atoms with Crippen molar-refractivity contribution in [2.24, 2.45) is 0 Å². The first-order valence-electron chi connectivity index (χ1n) is 4.82. The first kappa shape index (κ1) is 14.9. The Morgan fingerprint density at radius 1 is 1.50 bits per heavy atom. The van der Waals surface area contributed by atoms with E-state index in [1.54, 1.807) is 7.05 Å². The molecule has 0 rings (SSSR count). The second-order valence-corrected chi connectivity index (χ2v) is 3.40. The molecule has 7 heteroatoms. The van der Waals surface area contributed by atoms with Crippen LogP contribution in [0.1, 0.15) is 12.8 Å². The Balaban J connectivity index is 3.63. The maximum absolute atomic E-state index is 11.3. The summed E-state index contributed by atoms with van der Waals surface area (Å²) in [5.41, 5.74) is 0. The van der Waals surface area contributed by atoms with Gasteiger partial charge in [-0.1, -0.05) is 0 Å². The zero-order valence-electron chi connectivity index (χ0n) is 9.14. The molecule has 0 spiro atoms. The fraction of sp³-hybridized carbons (Fsp3) is 0.667. The average Bonchev–Trinajstić information content (AvgIpc) is 2.26. The topological polar surface area (TPSA) is 75.7 Å². The van der Waals surface area contributed by atoms with E-state index in [-0.39, 0.29) is 31.3 Å². The average molecular weight is 248 g/mol. The Kier molecular flexibility index (Phi) is 8.55. The molecule has 1 N–H and O–H groups in total. The maximum atomic E-state index is 11.3. The number of likely N-dealkylation sites (N-methyl/N-ethyl adjacent to an activating group) is 1. The highest BCUT2D eigenvalue weighted by Crippen LogP contribution is 1.92. The summed E-state index contributed by atoms with van der Waals surface area (Å²) >= 11 is 3.44. The normalized spacial score (nSPS) is 9.62. The maximum Gasteiger partial charge on any atom is 0.247 e. The highest BCUT2D eigenvalue weighted by Gasteiger charge is 2.08. The molecular formula is C9H16N2O4S. The molecule has 0 aliphatic rings. The fourth-order valence-corrected chi connectivity index (χ4v) is 1.09. The van der Waals surface area contributed by atoms with Crippen LogP contribution in [0.4, 0.5) is 0 Å². The van der Waals surface area contributed by atoms with E-state index in [9.17, 15) is 14.4 Å². The van der Waals surface area contributed by atoms with E-state index in [1.807, 2.05) is 0 Å². The van der Waals surface area contributed by atoms with E-state index in [2.05, 4.69) is 22.4 Å². The lowest BCUT2D eigenvalue weighted by atomic mass is 10.3. The predicted octanol–water partition coefficient (Wildman–Crippen LogP) is -0.599. The van der Waals surface area contributed by atoms with Gasteiger partial charge in [-0.3, -0.25) is 9.59 Å². The summed E-state index contributed by atoms with van der Waals surface area (Å²) in [5, 5.41) is 2.55. The van der Waals surface area contributed by atoms with E-state index in [1.165, 1.54) is 4.90 Å². The standard InChI is InChI=1S/C9H16N2O4S/c1-11(9(14)3-2-6-12)5-4-10-8(13)7-15-16/h6,16H,2-5,7H2,1H3,(H,10,13). The summed E-state index contributed by atoms with van der Waals surface area (Å²) in [6.07, 6.45) is 1.13. The summed E-state index contributed by atoms with van der Waals surface area (Å²) in [6.45, 7) is 0.626. The molecule has 0 unspecified atom stereocenters. The third kappa shape index (κ3) is 7.24. The van der Waals surface area contributed by atoms with Gasteiger partial charge in [0.1, 0.15) is 12.9 Å². The van der Waals surface area contributed by atoms with Gasteiger partial charge >= 0.3 is 0 Å². The molecule has 0 aliphatic heterocycles. The van der Waals surface area contributed by atoms with Crippen molar-refractivity contribution in [1.82, 2.24) is 10.2 Å². The van der Waals surface area contributed by atoms with Crippen molar-refractivity contribution in [3.05, 3.63) is 0 Å². The minimum atomic E-state index is -0.288. The molecule has 0 heterocycles. The second kappa shape index (κ2) is 9.17. The van der Waals surface area contributed by atoms with Gasteiger partial charge in [-0.25, -0.2) is 0 Å². The number of thiol groups is 1. The van der Waals surface area contributed by atoms with Gasteiger partial charge in [-0.05, 0) is 12.9 Å². The Bertz CT molecular complexity index is 248. The van der Waals surface area contributed by atoms with Gasteiger partial charge in [0.05, 0.1) is 0 Å². The number of nitrogens with one attached hydrogen (secondary N) is 1. The van der Waals surface area contributed by atoms with Gasteiger partial charge in [0.25, 0.3) is 0 Å². The summed E-state index contributed by atoms with van der Waals surface area (Å²) in [4.78, 5) is 33.8. The smallest absolute Gasteiger partial charge is 0.247 e. The molecule has 0 radical (unpaired) electrons. The lowest BCUT2D eigenvalue weighted by molar-refractivity contribution is -0.131. The molecule has 0 aromatic carbocycles. The van der Waals surface area contributed by atoms with Gasteiger partial charge in [0.15, 0.2) is 0 Å². The van der Waals surface area contributed by atoms with Gasteiger partial charge < -0.3 is 19.2 Å². The van der Waals surface area contributed by atoms with Crippen molar-refractivity contribution in [3.8, 4) is 0 Å². The third-order valence-electron chi connectivity index (χ3n) is 1.87. The van der Waals surface area contributed by atoms with Crippen molar-refractivity contribution in [1.29, 1.82) is 0 Å². The Morgan fingerprint density at radius 3 is 2.75 bits per heavy atom. The van der Waals surface area contributed by atoms with Crippen LogP contribution >= 0.6 is 12.9 Å². The molecule has 6 nitrogen and oxygen atoms in total. The Morgan fingerprint density at radius 2 is 2.19 bits per heavy atom. The number of hydrogen-bond acceptors (Lipinski definition) is 5. The summed E-state index contributed by atoms with van der Waals surface area (Å²) in [7, 11) is 1.62. The minimum absolute atomic E-state index is 0.119. The van der Waals surface area contributed by atoms with Crippen LogP contribution < -0.4 is 5.32 Å². The molecule has 0 saturated heterocycles. The Hall–Kier alpha value is -1.08. The van der Waals surface area contributed by atoms with Crippen LogP contribution in [0.5, 0.6) is 0 Å². The van der Waals surface area contributed by atoms with Crippen LogP contribution in [0, 0.1) is 0 Å². The van der Waals surface area contributed by atoms with Crippen LogP contribution in [0.2, 0.25) is 0 Å². The Labute approximate surface area is 99.9 Å². The molecule has 16 heavy (non-hydrogen) atoms. The lowest BCUT2D eigenvalue weighted by Gasteiger charge is -2.16. The first-order valence-corrected chi connectivity index (χ1v) is 5.19. The number of aldehydes is 1. The van der Waals surface area contributed by atoms with E-state index >= 15 is 0 Å². The molecule has 0 aromatic heterocycles. The molecule has 0 atom stereocenters. The molecule has 0 bridgehead atoms. The second-order valence-electron chi connectivity index (χ2n) is 3.14. The van der Waals surface area contributed by atoms with Crippen LogP contribution in [-0.2, 0) is 18.6 Å². The van der Waals surface area contributed by atoms with Crippen molar-refractivity contribution in [2.75, 3.05) is 26.7 Å².